The van der Waals surface area contributed by atoms with Crippen LogP contribution in [0.5, 0.6) is 11.5 Å². The SMILES string of the molecule is O=C(CCCc1ccccc1)N1CCN(C(=O)c2ccccc2Oc2ccccc2)CC1. The minimum Gasteiger partial charge on any atom is -0.457 e. The van der Waals surface area contributed by atoms with Crippen LogP contribution in [0.2, 0.25) is 0 Å². The maximum absolute atomic E-state index is 13.2. The summed E-state index contributed by atoms with van der Waals surface area (Å²) >= 11 is 0. The van der Waals surface area contributed by atoms with Crippen molar-refractivity contribution in [1.82, 2.24) is 9.80 Å². The first kappa shape index (κ1) is 21.6. The smallest absolute Gasteiger partial charge is 0.257 e. The number of carbonyl (C=O) groups excluding carboxylic acids is 2. The Morgan fingerprint density at radius 3 is 2.03 bits per heavy atom. The van der Waals surface area contributed by atoms with Crippen molar-refractivity contribution in [2.75, 3.05) is 26.2 Å². The Bertz CT molecular complexity index is 1030. The number of piperazine rings is 1. The van der Waals surface area contributed by atoms with Crippen molar-refractivity contribution in [3.8, 4) is 11.5 Å². The van der Waals surface area contributed by atoms with Crippen LogP contribution in [0, 0.1) is 0 Å². The van der Waals surface area contributed by atoms with Gasteiger partial charge in [-0.15, -0.1) is 0 Å². The topological polar surface area (TPSA) is 49.9 Å². The van der Waals surface area contributed by atoms with Gasteiger partial charge in [-0.1, -0.05) is 60.7 Å². The highest BCUT2D eigenvalue weighted by Crippen LogP contribution is 2.26. The molecule has 4 rings (SSSR count). The second-order valence-electron chi connectivity index (χ2n) is 7.92. The van der Waals surface area contributed by atoms with E-state index in [2.05, 4.69) is 12.1 Å². The van der Waals surface area contributed by atoms with Crippen molar-refractivity contribution in [1.29, 1.82) is 0 Å². The minimum absolute atomic E-state index is 0.0623. The molecule has 1 heterocycles. The fourth-order valence-corrected chi connectivity index (χ4v) is 3.92. The quantitative estimate of drug-likeness (QED) is 0.544. The fourth-order valence-electron chi connectivity index (χ4n) is 3.92. The van der Waals surface area contributed by atoms with Gasteiger partial charge in [-0.25, -0.2) is 0 Å². The number of carbonyl (C=O) groups is 2. The normalized spacial score (nSPS) is 13.6. The van der Waals surface area contributed by atoms with Crippen LogP contribution in [-0.2, 0) is 11.2 Å². The van der Waals surface area contributed by atoms with Crippen molar-refractivity contribution in [3.05, 3.63) is 96.1 Å². The number of hydrogen-bond acceptors (Lipinski definition) is 3. The first-order valence-corrected chi connectivity index (χ1v) is 11.1. The minimum atomic E-state index is -0.0623. The van der Waals surface area contributed by atoms with Crippen molar-refractivity contribution in [2.24, 2.45) is 0 Å². The van der Waals surface area contributed by atoms with Crippen LogP contribution in [0.1, 0.15) is 28.8 Å². The molecule has 1 fully saturated rings. The van der Waals surface area contributed by atoms with E-state index in [1.165, 1.54) is 5.56 Å². The maximum atomic E-state index is 13.2. The highest BCUT2D eigenvalue weighted by molar-refractivity contribution is 5.97. The summed E-state index contributed by atoms with van der Waals surface area (Å²) in [5.41, 5.74) is 1.80. The van der Waals surface area contributed by atoms with Gasteiger partial charge >= 0.3 is 0 Å². The molecule has 1 aliphatic heterocycles. The van der Waals surface area contributed by atoms with E-state index in [9.17, 15) is 9.59 Å². The van der Waals surface area contributed by atoms with Gasteiger partial charge in [-0.2, -0.15) is 0 Å². The number of ether oxygens (including phenoxy) is 1. The molecule has 0 aliphatic carbocycles. The van der Waals surface area contributed by atoms with E-state index < -0.39 is 0 Å². The lowest BCUT2D eigenvalue weighted by Gasteiger charge is -2.35. The molecule has 0 N–H and O–H groups in total. The molecule has 1 saturated heterocycles. The number of rotatable bonds is 7. The molecule has 1 aliphatic rings. The molecule has 0 saturated carbocycles. The van der Waals surface area contributed by atoms with Crippen molar-refractivity contribution < 1.29 is 14.3 Å². The molecule has 0 bridgehead atoms. The largest absolute Gasteiger partial charge is 0.457 e. The first-order valence-electron chi connectivity index (χ1n) is 11.1. The zero-order valence-electron chi connectivity index (χ0n) is 18.2. The van der Waals surface area contributed by atoms with Crippen LogP contribution in [0.4, 0.5) is 0 Å². The highest BCUT2D eigenvalue weighted by Gasteiger charge is 2.26. The molecule has 0 atom stereocenters. The summed E-state index contributed by atoms with van der Waals surface area (Å²) in [6.45, 7) is 2.20. The maximum Gasteiger partial charge on any atom is 0.257 e. The fraction of sp³-hybridized carbons (Fsp3) is 0.259. The monoisotopic (exact) mass is 428 g/mol. The zero-order valence-corrected chi connectivity index (χ0v) is 18.2. The number of aryl methyl sites for hydroxylation is 1. The lowest BCUT2D eigenvalue weighted by molar-refractivity contribution is -0.132. The van der Waals surface area contributed by atoms with Crippen LogP contribution < -0.4 is 4.74 Å². The Morgan fingerprint density at radius 2 is 1.31 bits per heavy atom. The van der Waals surface area contributed by atoms with E-state index in [1.807, 2.05) is 71.6 Å². The van der Waals surface area contributed by atoms with E-state index in [0.717, 1.165) is 12.8 Å². The molecule has 0 unspecified atom stereocenters. The van der Waals surface area contributed by atoms with E-state index >= 15 is 0 Å². The van der Waals surface area contributed by atoms with Gasteiger partial charge in [0.25, 0.3) is 5.91 Å². The van der Waals surface area contributed by atoms with Gasteiger partial charge in [-0.05, 0) is 42.7 Å². The van der Waals surface area contributed by atoms with Crippen LogP contribution in [-0.4, -0.2) is 47.8 Å². The number of amides is 2. The molecule has 0 spiro atoms. The molecule has 5 nitrogen and oxygen atoms in total. The van der Waals surface area contributed by atoms with Crippen LogP contribution >= 0.6 is 0 Å². The molecule has 5 heteroatoms. The summed E-state index contributed by atoms with van der Waals surface area (Å²) in [6, 6.07) is 27.0. The van der Waals surface area contributed by atoms with E-state index in [0.29, 0.717) is 49.7 Å². The standard InChI is InChI=1S/C27H28N2O3/c30-26(17-9-12-22-10-3-1-4-11-22)28-18-20-29(21-19-28)27(31)24-15-7-8-16-25(24)32-23-13-5-2-6-14-23/h1-8,10-11,13-16H,9,12,17-21H2. The van der Waals surface area contributed by atoms with Gasteiger partial charge in [0.05, 0.1) is 5.56 Å². The number of nitrogens with zero attached hydrogens (tertiary/aromatic N) is 2. The predicted octanol–water partition coefficient (Wildman–Crippen LogP) is 4.79. The first-order chi connectivity index (χ1) is 15.7. The Kier molecular flexibility index (Phi) is 7.18. The summed E-state index contributed by atoms with van der Waals surface area (Å²) in [5.74, 6) is 1.34. The Labute approximate surface area is 189 Å². The van der Waals surface area contributed by atoms with Crippen LogP contribution in [0.3, 0.4) is 0 Å². The molecule has 0 aromatic heterocycles. The molecule has 32 heavy (non-hydrogen) atoms. The van der Waals surface area contributed by atoms with Gasteiger partial charge in [0, 0.05) is 32.6 Å². The number of para-hydroxylation sites is 2. The average molecular weight is 429 g/mol. The number of hydrogen-bond donors (Lipinski definition) is 0. The summed E-state index contributed by atoms with van der Waals surface area (Å²) < 4.78 is 5.95. The van der Waals surface area contributed by atoms with Crippen molar-refractivity contribution in [2.45, 2.75) is 19.3 Å². The predicted molar refractivity (Wildman–Crippen MR) is 125 cm³/mol. The zero-order chi connectivity index (χ0) is 22.2. The number of benzene rings is 3. The van der Waals surface area contributed by atoms with Crippen molar-refractivity contribution in [3.63, 3.8) is 0 Å². The second-order valence-corrected chi connectivity index (χ2v) is 7.92. The molecule has 3 aromatic carbocycles. The summed E-state index contributed by atoms with van der Waals surface area (Å²) in [7, 11) is 0. The van der Waals surface area contributed by atoms with Gasteiger partial charge in [0.2, 0.25) is 5.91 Å². The molecular weight excluding hydrogens is 400 g/mol. The van der Waals surface area contributed by atoms with Crippen LogP contribution in [0.25, 0.3) is 0 Å². The van der Waals surface area contributed by atoms with Gasteiger partial charge in [0.15, 0.2) is 0 Å². The third-order valence-electron chi connectivity index (χ3n) is 5.71. The Morgan fingerprint density at radius 1 is 0.719 bits per heavy atom. The molecule has 164 valence electrons. The van der Waals surface area contributed by atoms with Gasteiger partial charge < -0.3 is 14.5 Å². The Hall–Kier alpha value is -3.60. The van der Waals surface area contributed by atoms with Gasteiger partial charge in [0.1, 0.15) is 11.5 Å². The molecule has 0 radical (unpaired) electrons. The summed E-state index contributed by atoms with van der Waals surface area (Å²) in [5, 5.41) is 0. The Balaban J connectivity index is 1.29. The summed E-state index contributed by atoms with van der Waals surface area (Å²) in [4.78, 5) is 29.4. The lowest BCUT2D eigenvalue weighted by atomic mass is 10.1. The lowest BCUT2D eigenvalue weighted by Crippen LogP contribution is -2.50. The molecule has 2 amide bonds. The van der Waals surface area contributed by atoms with Crippen molar-refractivity contribution >= 4 is 11.8 Å². The van der Waals surface area contributed by atoms with E-state index in [-0.39, 0.29) is 11.8 Å². The summed E-state index contributed by atoms with van der Waals surface area (Å²) in [6.07, 6.45) is 2.28. The van der Waals surface area contributed by atoms with E-state index in [1.54, 1.807) is 11.0 Å². The second kappa shape index (κ2) is 10.6. The molecule has 3 aromatic rings. The third-order valence-corrected chi connectivity index (χ3v) is 5.71. The highest BCUT2D eigenvalue weighted by atomic mass is 16.5. The average Bonchev–Trinajstić information content (AvgIpc) is 2.85. The van der Waals surface area contributed by atoms with Gasteiger partial charge in [-0.3, -0.25) is 9.59 Å². The third kappa shape index (κ3) is 5.55. The van der Waals surface area contributed by atoms with E-state index in [4.69, 9.17) is 4.74 Å². The van der Waals surface area contributed by atoms with Crippen LogP contribution in [0.15, 0.2) is 84.9 Å². The molecular formula is C27H28N2O3.